The predicted molar refractivity (Wildman–Crippen MR) is 91.0 cm³/mol. The van der Waals surface area contributed by atoms with Crippen LogP contribution in [0.3, 0.4) is 0 Å². The molecule has 1 heterocycles. The van der Waals surface area contributed by atoms with E-state index in [0.29, 0.717) is 24.6 Å². The Labute approximate surface area is 140 Å². The lowest BCUT2D eigenvalue weighted by Crippen LogP contribution is -2.10. The first kappa shape index (κ1) is 14.8. The average molecular weight is 318 g/mol. The third kappa shape index (κ3) is 2.87. The van der Waals surface area contributed by atoms with E-state index >= 15 is 0 Å². The van der Waals surface area contributed by atoms with Crippen molar-refractivity contribution in [2.24, 2.45) is 0 Å². The van der Waals surface area contributed by atoms with E-state index < -0.39 is 0 Å². The number of benzene rings is 2. The van der Waals surface area contributed by atoms with Crippen LogP contribution in [0.4, 0.5) is 0 Å². The van der Waals surface area contributed by atoms with Gasteiger partial charge in [-0.2, -0.15) is 0 Å². The third-order valence-electron chi connectivity index (χ3n) is 4.44. The standard InChI is InChI=1S/C20H18N2O2/c1-13-21-22-20(24-13)11-14-4-2-6-16(10-14)17-9-8-15-5-3-7-19(23)18(15)12-17/h2,4,6,8-10,12H,3,5,7,11H2,1H3. The molecular formula is C20H18N2O2. The molecule has 0 atom stereocenters. The highest BCUT2D eigenvalue weighted by Crippen LogP contribution is 2.28. The van der Waals surface area contributed by atoms with Crippen molar-refractivity contribution in [1.82, 2.24) is 10.2 Å². The van der Waals surface area contributed by atoms with Gasteiger partial charge >= 0.3 is 0 Å². The molecule has 0 spiro atoms. The van der Waals surface area contributed by atoms with Crippen LogP contribution in [-0.2, 0) is 12.8 Å². The number of hydrogen-bond acceptors (Lipinski definition) is 4. The number of carbonyl (C=O) groups excluding carboxylic acids is 1. The minimum atomic E-state index is 0.260. The van der Waals surface area contributed by atoms with Crippen LogP contribution in [0.2, 0.25) is 0 Å². The van der Waals surface area contributed by atoms with Gasteiger partial charge in [0.15, 0.2) is 5.78 Å². The Morgan fingerprint density at radius 1 is 1.04 bits per heavy atom. The first-order chi connectivity index (χ1) is 11.7. The maximum Gasteiger partial charge on any atom is 0.220 e. The van der Waals surface area contributed by atoms with Crippen molar-refractivity contribution in [3.63, 3.8) is 0 Å². The molecule has 0 saturated carbocycles. The minimum Gasteiger partial charge on any atom is -0.425 e. The van der Waals surface area contributed by atoms with Gasteiger partial charge in [0.1, 0.15) is 0 Å². The van der Waals surface area contributed by atoms with E-state index in [9.17, 15) is 4.79 Å². The van der Waals surface area contributed by atoms with E-state index in [4.69, 9.17) is 4.42 Å². The van der Waals surface area contributed by atoms with Crippen LogP contribution in [0, 0.1) is 6.92 Å². The Kier molecular flexibility index (Phi) is 3.73. The molecule has 0 bridgehead atoms. The van der Waals surface area contributed by atoms with Gasteiger partial charge in [-0.05, 0) is 41.2 Å². The summed E-state index contributed by atoms with van der Waals surface area (Å²) in [6.45, 7) is 1.79. The van der Waals surface area contributed by atoms with Crippen LogP contribution >= 0.6 is 0 Å². The van der Waals surface area contributed by atoms with Crippen molar-refractivity contribution in [3.8, 4) is 11.1 Å². The number of fused-ring (bicyclic) bond motifs is 1. The van der Waals surface area contributed by atoms with E-state index in [2.05, 4.69) is 34.5 Å². The van der Waals surface area contributed by atoms with Gasteiger partial charge in [0, 0.05) is 18.9 Å². The quantitative estimate of drug-likeness (QED) is 0.728. The van der Waals surface area contributed by atoms with E-state index in [-0.39, 0.29) is 5.78 Å². The molecule has 0 amide bonds. The Bertz CT molecular complexity index is 912. The Morgan fingerprint density at radius 2 is 1.92 bits per heavy atom. The molecule has 120 valence electrons. The zero-order chi connectivity index (χ0) is 16.5. The molecule has 1 aliphatic carbocycles. The van der Waals surface area contributed by atoms with Gasteiger partial charge in [-0.25, -0.2) is 0 Å². The van der Waals surface area contributed by atoms with Crippen LogP contribution in [0.1, 0.15) is 46.1 Å². The van der Waals surface area contributed by atoms with Crippen molar-refractivity contribution < 1.29 is 9.21 Å². The molecule has 0 saturated heterocycles. The second-order valence-corrected chi connectivity index (χ2v) is 6.24. The number of nitrogens with zero attached hydrogens (tertiary/aromatic N) is 2. The highest BCUT2D eigenvalue weighted by atomic mass is 16.4. The molecule has 3 aromatic rings. The normalized spacial score (nSPS) is 13.8. The van der Waals surface area contributed by atoms with Gasteiger partial charge in [-0.1, -0.05) is 36.4 Å². The molecule has 0 unspecified atom stereocenters. The van der Waals surface area contributed by atoms with E-state index in [1.807, 2.05) is 18.2 Å². The van der Waals surface area contributed by atoms with E-state index in [0.717, 1.165) is 35.1 Å². The lowest BCUT2D eigenvalue weighted by Gasteiger charge is -2.16. The summed E-state index contributed by atoms with van der Waals surface area (Å²) in [7, 11) is 0. The van der Waals surface area contributed by atoms with Crippen molar-refractivity contribution >= 4 is 5.78 Å². The monoisotopic (exact) mass is 318 g/mol. The van der Waals surface area contributed by atoms with Gasteiger partial charge < -0.3 is 4.42 Å². The molecule has 2 aromatic carbocycles. The number of ketones is 1. The Hall–Kier alpha value is -2.75. The molecule has 1 aliphatic rings. The number of rotatable bonds is 3. The fourth-order valence-corrected chi connectivity index (χ4v) is 3.25. The van der Waals surface area contributed by atoms with Crippen molar-refractivity contribution in [1.29, 1.82) is 0 Å². The van der Waals surface area contributed by atoms with Gasteiger partial charge in [0.2, 0.25) is 11.8 Å². The zero-order valence-corrected chi connectivity index (χ0v) is 13.6. The molecule has 0 fully saturated rings. The summed E-state index contributed by atoms with van der Waals surface area (Å²) >= 11 is 0. The van der Waals surface area contributed by atoms with Gasteiger partial charge in [-0.3, -0.25) is 4.79 Å². The van der Waals surface area contributed by atoms with Crippen molar-refractivity contribution in [2.75, 3.05) is 0 Å². The Balaban J connectivity index is 1.66. The van der Waals surface area contributed by atoms with Crippen LogP contribution in [-0.4, -0.2) is 16.0 Å². The summed E-state index contributed by atoms with van der Waals surface area (Å²) in [4.78, 5) is 12.2. The minimum absolute atomic E-state index is 0.260. The lowest BCUT2D eigenvalue weighted by molar-refractivity contribution is 0.0972. The van der Waals surface area contributed by atoms with E-state index in [1.165, 1.54) is 5.56 Å². The fourth-order valence-electron chi connectivity index (χ4n) is 3.25. The van der Waals surface area contributed by atoms with Crippen molar-refractivity contribution in [3.05, 3.63) is 70.9 Å². The number of Topliss-reactive ketones (excluding diaryl/α,β-unsaturated/α-hetero) is 1. The SMILES string of the molecule is Cc1nnc(Cc2cccc(-c3ccc4c(c3)C(=O)CCC4)c2)o1. The van der Waals surface area contributed by atoms with Gasteiger partial charge in [0.05, 0.1) is 6.42 Å². The summed E-state index contributed by atoms with van der Waals surface area (Å²) in [5, 5.41) is 7.92. The number of aromatic nitrogens is 2. The highest BCUT2D eigenvalue weighted by Gasteiger charge is 2.17. The topological polar surface area (TPSA) is 56.0 Å². The second kappa shape index (κ2) is 6.04. The molecule has 4 nitrogen and oxygen atoms in total. The summed E-state index contributed by atoms with van der Waals surface area (Å²) in [5.74, 6) is 1.45. The van der Waals surface area contributed by atoms with Gasteiger partial charge in [-0.15, -0.1) is 10.2 Å². The summed E-state index contributed by atoms with van der Waals surface area (Å²) in [5.41, 5.74) is 5.35. The smallest absolute Gasteiger partial charge is 0.220 e. The van der Waals surface area contributed by atoms with Crippen molar-refractivity contribution in [2.45, 2.75) is 32.6 Å². The largest absolute Gasteiger partial charge is 0.425 e. The number of aryl methyl sites for hydroxylation is 2. The predicted octanol–water partition coefficient (Wildman–Crippen LogP) is 4.15. The summed E-state index contributed by atoms with van der Waals surface area (Å²) in [6.07, 6.45) is 3.23. The first-order valence-electron chi connectivity index (χ1n) is 8.23. The maximum absolute atomic E-state index is 12.2. The van der Waals surface area contributed by atoms with E-state index in [1.54, 1.807) is 6.92 Å². The van der Waals surface area contributed by atoms with Crippen LogP contribution in [0.25, 0.3) is 11.1 Å². The molecule has 0 N–H and O–H groups in total. The number of carbonyl (C=O) groups is 1. The summed E-state index contributed by atoms with van der Waals surface area (Å²) < 4.78 is 5.45. The Morgan fingerprint density at radius 3 is 2.75 bits per heavy atom. The molecular weight excluding hydrogens is 300 g/mol. The molecule has 24 heavy (non-hydrogen) atoms. The average Bonchev–Trinajstić information content (AvgIpc) is 3.00. The third-order valence-corrected chi connectivity index (χ3v) is 4.44. The summed E-state index contributed by atoms with van der Waals surface area (Å²) in [6, 6.07) is 14.5. The van der Waals surface area contributed by atoms with Crippen LogP contribution in [0.5, 0.6) is 0 Å². The fraction of sp³-hybridized carbons (Fsp3) is 0.250. The number of hydrogen-bond donors (Lipinski definition) is 0. The zero-order valence-electron chi connectivity index (χ0n) is 13.6. The molecule has 0 radical (unpaired) electrons. The molecule has 4 heteroatoms. The molecule has 1 aromatic heterocycles. The maximum atomic E-state index is 12.2. The lowest BCUT2D eigenvalue weighted by atomic mass is 9.88. The van der Waals surface area contributed by atoms with Crippen LogP contribution < -0.4 is 0 Å². The highest BCUT2D eigenvalue weighted by molar-refractivity contribution is 5.99. The van der Waals surface area contributed by atoms with Crippen LogP contribution in [0.15, 0.2) is 46.9 Å². The molecule has 4 rings (SSSR count). The second-order valence-electron chi connectivity index (χ2n) is 6.24. The van der Waals surface area contributed by atoms with Gasteiger partial charge in [0.25, 0.3) is 0 Å². The molecule has 0 aliphatic heterocycles. The first-order valence-corrected chi connectivity index (χ1v) is 8.23.